The minimum atomic E-state index is 0.968. The van der Waals surface area contributed by atoms with Crippen LogP contribution in [0.3, 0.4) is 0 Å². The van der Waals surface area contributed by atoms with Crippen LogP contribution in [0.15, 0.2) is 51.9 Å². The molecule has 0 aliphatic rings. The van der Waals surface area contributed by atoms with E-state index in [2.05, 4.69) is 106 Å². The second-order valence-electron chi connectivity index (χ2n) is 6.29. The van der Waals surface area contributed by atoms with E-state index in [1.807, 2.05) is 18.3 Å². The number of aryl methyl sites for hydroxylation is 3. The summed E-state index contributed by atoms with van der Waals surface area (Å²) in [6.07, 6.45) is 1.96. The van der Waals surface area contributed by atoms with Crippen LogP contribution >= 0.6 is 38.5 Å². The van der Waals surface area contributed by atoms with Gasteiger partial charge in [0, 0.05) is 36.9 Å². The van der Waals surface area contributed by atoms with E-state index >= 15 is 0 Å². The highest BCUT2D eigenvalue weighted by atomic mass is 127. The monoisotopic (exact) mass is 506 g/mol. The Labute approximate surface area is 171 Å². The molecule has 1 heterocycles. The van der Waals surface area contributed by atoms with Crippen molar-refractivity contribution >= 4 is 50.4 Å². The lowest BCUT2D eigenvalue weighted by Gasteiger charge is -2.11. The molecular formula is C21H20BrIN2. The Balaban J connectivity index is 1.97. The van der Waals surface area contributed by atoms with E-state index in [4.69, 9.17) is 0 Å². The lowest BCUT2D eigenvalue weighted by Crippen LogP contribution is -2.00. The Bertz CT molecular complexity index is 970. The van der Waals surface area contributed by atoms with Crippen molar-refractivity contribution in [1.82, 2.24) is 4.57 Å². The molecule has 0 aliphatic carbocycles. The zero-order valence-corrected chi connectivity index (χ0v) is 18.5. The van der Waals surface area contributed by atoms with Crippen LogP contribution in [0.25, 0.3) is 5.69 Å². The largest absolute Gasteiger partial charge is 0.318 e. The Hall–Kier alpha value is -1.40. The predicted octanol–water partition coefficient (Wildman–Crippen LogP) is 6.83. The van der Waals surface area contributed by atoms with Gasteiger partial charge in [0.1, 0.15) is 0 Å². The van der Waals surface area contributed by atoms with E-state index in [1.165, 1.54) is 31.8 Å². The van der Waals surface area contributed by atoms with Crippen molar-refractivity contribution in [1.29, 1.82) is 0 Å². The highest BCUT2D eigenvalue weighted by molar-refractivity contribution is 14.1. The van der Waals surface area contributed by atoms with Gasteiger partial charge in [0.25, 0.3) is 0 Å². The van der Waals surface area contributed by atoms with Gasteiger partial charge in [-0.25, -0.2) is 0 Å². The van der Waals surface area contributed by atoms with Gasteiger partial charge in [-0.1, -0.05) is 15.9 Å². The summed E-state index contributed by atoms with van der Waals surface area (Å²) in [4.78, 5) is 4.66. The molecule has 0 aliphatic heterocycles. The summed E-state index contributed by atoms with van der Waals surface area (Å²) in [5.74, 6) is 0. The third-order valence-corrected chi connectivity index (χ3v) is 6.46. The molecule has 1 aromatic heterocycles. The molecule has 0 radical (unpaired) electrons. The maximum absolute atomic E-state index is 4.66. The number of hydrogen-bond donors (Lipinski definition) is 0. The predicted molar refractivity (Wildman–Crippen MR) is 119 cm³/mol. The lowest BCUT2D eigenvalue weighted by atomic mass is 10.2. The lowest BCUT2D eigenvalue weighted by molar-refractivity contribution is 0.962. The summed E-state index contributed by atoms with van der Waals surface area (Å²) in [5, 5.41) is 0. The van der Waals surface area contributed by atoms with Gasteiger partial charge in [-0.15, -0.1) is 0 Å². The minimum absolute atomic E-state index is 0.968. The number of halogens is 2. The first-order valence-corrected chi connectivity index (χ1v) is 9.99. The van der Waals surface area contributed by atoms with Crippen LogP contribution in [0.5, 0.6) is 0 Å². The van der Waals surface area contributed by atoms with Crippen molar-refractivity contribution in [2.45, 2.75) is 27.7 Å². The van der Waals surface area contributed by atoms with Crippen LogP contribution < -0.4 is 0 Å². The molecule has 0 spiro atoms. The number of benzene rings is 2. The molecule has 3 aromatic rings. The maximum atomic E-state index is 4.66. The summed E-state index contributed by atoms with van der Waals surface area (Å²) in [6, 6.07) is 14.9. The number of rotatable bonds is 3. The van der Waals surface area contributed by atoms with Crippen molar-refractivity contribution in [3.8, 4) is 5.69 Å². The molecule has 2 nitrogen and oxygen atoms in total. The van der Waals surface area contributed by atoms with Gasteiger partial charge in [0.05, 0.1) is 5.69 Å². The molecule has 4 heteroatoms. The van der Waals surface area contributed by atoms with Crippen LogP contribution in [-0.2, 0) is 0 Å². The molecular weight excluding hydrogens is 487 g/mol. The van der Waals surface area contributed by atoms with E-state index in [0.717, 1.165) is 15.7 Å². The maximum Gasteiger partial charge on any atom is 0.0633 e. The smallest absolute Gasteiger partial charge is 0.0633 e. The van der Waals surface area contributed by atoms with Crippen LogP contribution in [0, 0.1) is 31.3 Å². The quantitative estimate of drug-likeness (QED) is 0.273. The molecule has 0 unspecified atom stereocenters. The molecule has 128 valence electrons. The fourth-order valence-corrected chi connectivity index (χ4v) is 3.52. The van der Waals surface area contributed by atoms with Gasteiger partial charge < -0.3 is 4.57 Å². The summed E-state index contributed by atoms with van der Waals surface area (Å²) >= 11 is 5.90. The first-order valence-electron chi connectivity index (χ1n) is 8.12. The fraction of sp³-hybridized carbons (Fsp3) is 0.190. The zero-order valence-electron chi connectivity index (χ0n) is 14.8. The van der Waals surface area contributed by atoms with E-state index < -0.39 is 0 Å². The normalized spacial score (nSPS) is 11.4. The molecule has 0 fully saturated rings. The Kier molecular flexibility index (Phi) is 5.49. The summed E-state index contributed by atoms with van der Waals surface area (Å²) in [6.45, 7) is 8.52. The van der Waals surface area contributed by atoms with E-state index in [-0.39, 0.29) is 0 Å². The summed E-state index contributed by atoms with van der Waals surface area (Å²) < 4.78 is 4.69. The van der Waals surface area contributed by atoms with Gasteiger partial charge >= 0.3 is 0 Å². The molecule has 0 atom stereocenters. The number of aliphatic imine (C=N–C) groups is 1. The Morgan fingerprint density at radius 2 is 1.72 bits per heavy atom. The van der Waals surface area contributed by atoms with Crippen LogP contribution in [-0.4, -0.2) is 10.8 Å². The van der Waals surface area contributed by atoms with E-state index in [0.29, 0.717) is 0 Å². The zero-order chi connectivity index (χ0) is 18.1. The van der Waals surface area contributed by atoms with E-state index in [1.54, 1.807) is 0 Å². The average Bonchev–Trinajstić information content (AvgIpc) is 2.85. The molecule has 0 saturated heterocycles. The Morgan fingerprint density at radius 3 is 2.40 bits per heavy atom. The first-order chi connectivity index (χ1) is 11.9. The van der Waals surface area contributed by atoms with E-state index in [9.17, 15) is 0 Å². The van der Waals surface area contributed by atoms with Gasteiger partial charge in [-0.3, -0.25) is 4.99 Å². The van der Waals surface area contributed by atoms with Crippen LogP contribution in [0.2, 0.25) is 0 Å². The molecule has 0 amide bonds. The third kappa shape index (κ3) is 3.90. The van der Waals surface area contributed by atoms with Crippen molar-refractivity contribution < 1.29 is 0 Å². The fourth-order valence-electron chi connectivity index (χ4n) is 2.94. The topological polar surface area (TPSA) is 17.3 Å². The van der Waals surface area contributed by atoms with Gasteiger partial charge in [-0.05, 0) is 104 Å². The van der Waals surface area contributed by atoms with Crippen molar-refractivity contribution in [3.63, 3.8) is 0 Å². The molecule has 0 saturated carbocycles. The van der Waals surface area contributed by atoms with Crippen molar-refractivity contribution in [3.05, 3.63) is 78.6 Å². The second kappa shape index (κ2) is 7.46. The minimum Gasteiger partial charge on any atom is -0.318 e. The molecule has 0 bridgehead atoms. The number of aromatic nitrogens is 1. The SMILES string of the molecule is Cc1cc(N=Cc2cc(C)n(-c3ccc(I)c(C)c3)c2C)ccc1Br. The number of nitrogens with zero attached hydrogens (tertiary/aromatic N) is 2. The van der Waals surface area contributed by atoms with Crippen LogP contribution in [0.4, 0.5) is 5.69 Å². The second-order valence-corrected chi connectivity index (χ2v) is 8.30. The summed E-state index contributed by atoms with van der Waals surface area (Å²) in [7, 11) is 0. The summed E-state index contributed by atoms with van der Waals surface area (Å²) in [5.41, 5.74) is 8.22. The molecule has 0 N–H and O–H groups in total. The first kappa shape index (κ1) is 18.4. The third-order valence-electron chi connectivity index (χ3n) is 4.36. The van der Waals surface area contributed by atoms with Gasteiger partial charge in [-0.2, -0.15) is 0 Å². The molecule has 25 heavy (non-hydrogen) atoms. The Morgan fingerprint density at radius 1 is 0.960 bits per heavy atom. The highest BCUT2D eigenvalue weighted by Crippen LogP contribution is 2.24. The van der Waals surface area contributed by atoms with Crippen LogP contribution in [0.1, 0.15) is 28.1 Å². The van der Waals surface area contributed by atoms with Crippen molar-refractivity contribution in [2.24, 2.45) is 4.99 Å². The van der Waals surface area contributed by atoms with Gasteiger partial charge in [0.2, 0.25) is 0 Å². The number of hydrogen-bond acceptors (Lipinski definition) is 1. The van der Waals surface area contributed by atoms with Crippen molar-refractivity contribution in [2.75, 3.05) is 0 Å². The molecule has 3 rings (SSSR count). The molecule has 2 aromatic carbocycles. The standard InChI is InChI=1S/C21H20BrIN2/c1-13-9-18(5-7-20(13)22)24-12-17-11-15(3)25(16(17)4)19-6-8-21(23)14(2)10-19/h5-12H,1-4H3. The van der Waals surface area contributed by atoms with Gasteiger partial charge in [0.15, 0.2) is 0 Å². The average molecular weight is 507 g/mol. The highest BCUT2D eigenvalue weighted by Gasteiger charge is 2.10.